The van der Waals surface area contributed by atoms with Crippen molar-refractivity contribution in [3.05, 3.63) is 35.6 Å². The fourth-order valence-electron chi connectivity index (χ4n) is 3.10. The van der Waals surface area contributed by atoms with Crippen molar-refractivity contribution in [3.8, 4) is 0 Å². The number of hydrogen-bond acceptors (Lipinski definition) is 4. The molecule has 2 N–H and O–H groups in total. The van der Waals surface area contributed by atoms with Gasteiger partial charge in [0.15, 0.2) is 9.84 Å². The van der Waals surface area contributed by atoms with Gasteiger partial charge < -0.3 is 10.5 Å². The second kappa shape index (κ2) is 5.42. The summed E-state index contributed by atoms with van der Waals surface area (Å²) < 4.78 is 42.8. The summed E-state index contributed by atoms with van der Waals surface area (Å²) in [6, 6.07) is 6.06. The van der Waals surface area contributed by atoms with Crippen LogP contribution in [0.25, 0.3) is 0 Å². The number of hydrogen-bond donors (Lipinski definition) is 1. The van der Waals surface area contributed by atoms with E-state index in [1.807, 2.05) is 6.92 Å². The first-order valence-corrected chi connectivity index (χ1v) is 8.54. The van der Waals surface area contributed by atoms with E-state index in [4.69, 9.17) is 10.5 Å². The third-order valence-electron chi connectivity index (χ3n) is 4.00. The molecule has 3 atom stereocenters. The highest BCUT2D eigenvalue weighted by Gasteiger charge is 2.69. The maximum Gasteiger partial charge on any atom is 0.151 e. The summed E-state index contributed by atoms with van der Waals surface area (Å²) >= 11 is 0. The number of nitrogens with two attached hydrogens (primary N) is 1. The van der Waals surface area contributed by atoms with Crippen molar-refractivity contribution < 1.29 is 17.5 Å². The lowest BCUT2D eigenvalue weighted by atomic mass is 10.00. The molecule has 4 nitrogen and oxygen atoms in total. The molecule has 1 aliphatic carbocycles. The van der Waals surface area contributed by atoms with Gasteiger partial charge in [-0.2, -0.15) is 0 Å². The van der Waals surface area contributed by atoms with Crippen molar-refractivity contribution in [3.63, 3.8) is 0 Å². The number of benzene rings is 1. The van der Waals surface area contributed by atoms with Crippen LogP contribution in [0.3, 0.4) is 0 Å². The van der Waals surface area contributed by atoms with Crippen LogP contribution in [0.1, 0.15) is 18.4 Å². The zero-order chi connectivity index (χ0) is 15.0. The van der Waals surface area contributed by atoms with Gasteiger partial charge in [-0.1, -0.05) is 12.1 Å². The molecule has 0 spiro atoms. The summed E-state index contributed by atoms with van der Waals surface area (Å²) in [6.45, 7) is 2.82. The van der Waals surface area contributed by atoms with Gasteiger partial charge in [-0.15, -0.1) is 0 Å². The standard InChI is InChI=1S/C14H20FNO3S/c1-3-19-9-14(8-16)12(13(14)20(2,17)18)10-5-4-6-11(15)7-10/h4-7,12-13H,3,8-9,16H2,1-2H3/t12-,13-,14+/m0/s1. The molecule has 2 rings (SSSR count). The first-order chi connectivity index (χ1) is 9.36. The van der Waals surface area contributed by atoms with Crippen LogP contribution in [0.15, 0.2) is 24.3 Å². The molecule has 0 heterocycles. The highest BCUT2D eigenvalue weighted by molar-refractivity contribution is 7.91. The number of ether oxygens (including phenoxy) is 1. The predicted octanol–water partition coefficient (Wildman–Crippen LogP) is 1.32. The zero-order valence-corrected chi connectivity index (χ0v) is 12.5. The summed E-state index contributed by atoms with van der Waals surface area (Å²) in [7, 11) is -3.27. The minimum Gasteiger partial charge on any atom is -0.381 e. The van der Waals surface area contributed by atoms with Crippen LogP contribution in [-0.4, -0.2) is 39.7 Å². The molecule has 1 fully saturated rings. The lowest BCUT2D eigenvalue weighted by molar-refractivity contribution is 0.101. The van der Waals surface area contributed by atoms with Crippen LogP contribution in [0.2, 0.25) is 0 Å². The highest BCUT2D eigenvalue weighted by atomic mass is 32.2. The van der Waals surface area contributed by atoms with Gasteiger partial charge in [0, 0.05) is 30.7 Å². The van der Waals surface area contributed by atoms with E-state index in [0.29, 0.717) is 12.2 Å². The zero-order valence-electron chi connectivity index (χ0n) is 11.7. The molecule has 6 heteroatoms. The van der Waals surface area contributed by atoms with E-state index in [2.05, 4.69) is 0 Å². The van der Waals surface area contributed by atoms with E-state index in [9.17, 15) is 12.8 Å². The SMILES string of the molecule is CCOC[C@]1(CN)[C@@H](c2cccc(F)c2)[C@@H]1S(C)(=O)=O. The van der Waals surface area contributed by atoms with Crippen molar-refractivity contribution in [1.82, 2.24) is 0 Å². The summed E-state index contributed by atoms with van der Waals surface area (Å²) in [5, 5.41) is -0.603. The third kappa shape index (κ3) is 2.60. The normalized spacial score (nSPS) is 29.4. The summed E-state index contributed by atoms with van der Waals surface area (Å²) in [5.41, 5.74) is 5.85. The van der Waals surface area contributed by atoms with Crippen LogP contribution < -0.4 is 5.73 Å². The second-order valence-electron chi connectivity index (χ2n) is 5.36. The van der Waals surface area contributed by atoms with Gasteiger partial charge in [-0.25, -0.2) is 12.8 Å². The van der Waals surface area contributed by atoms with Crippen molar-refractivity contribution >= 4 is 9.84 Å². The second-order valence-corrected chi connectivity index (χ2v) is 7.52. The predicted molar refractivity (Wildman–Crippen MR) is 75.8 cm³/mol. The molecule has 1 aliphatic rings. The van der Waals surface area contributed by atoms with Crippen molar-refractivity contribution in [2.75, 3.05) is 26.0 Å². The Balaban J connectivity index is 2.39. The Morgan fingerprint density at radius 2 is 2.15 bits per heavy atom. The molecule has 1 aromatic carbocycles. The van der Waals surface area contributed by atoms with Gasteiger partial charge in [0.1, 0.15) is 5.82 Å². The average Bonchev–Trinajstić information content (AvgIpc) is 3.06. The molecular weight excluding hydrogens is 281 g/mol. The lowest BCUT2D eigenvalue weighted by Crippen LogP contribution is -2.28. The first-order valence-electron chi connectivity index (χ1n) is 6.59. The minimum atomic E-state index is -3.27. The first kappa shape index (κ1) is 15.4. The van der Waals surface area contributed by atoms with E-state index in [1.54, 1.807) is 12.1 Å². The Hall–Kier alpha value is -0.980. The smallest absolute Gasteiger partial charge is 0.151 e. The van der Waals surface area contributed by atoms with Gasteiger partial charge in [0.05, 0.1) is 11.9 Å². The molecule has 0 unspecified atom stereocenters. The van der Waals surface area contributed by atoms with E-state index in [1.165, 1.54) is 18.4 Å². The maximum absolute atomic E-state index is 13.4. The van der Waals surface area contributed by atoms with Crippen LogP contribution >= 0.6 is 0 Å². The molecule has 20 heavy (non-hydrogen) atoms. The number of halogens is 1. The average molecular weight is 301 g/mol. The monoisotopic (exact) mass is 301 g/mol. The van der Waals surface area contributed by atoms with Crippen LogP contribution in [-0.2, 0) is 14.6 Å². The van der Waals surface area contributed by atoms with E-state index >= 15 is 0 Å². The van der Waals surface area contributed by atoms with E-state index in [-0.39, 0.29) is 24.9 Å². The summed E-state index contributed by atoms with van der Waals surface area (Å²) in [6.07, 6.45) is 1.20. The molecule has 0 aromatic heterocycles. The van der Waals surface area contributed by atoms with Crippen molar-refractivity contribution in [2.24, 2.45) is 11.1 Å². The highest BCUT2D eigenvalue weighted by Crippen LogP contribution is 2.62. The molecule has 1 aromatic rings. The fraction of sp³-hybridized carbons (Fsp3) is 0.571. The third-order valence-corrected chi connectivity index (χ3v) is 5.67. The van der Waals surface area contributed by atoms with E-state index < -0.39 is 20.5 Å². The maximum atomic E-state index is 13.4. The molecule has 1 saturated carbocycles. The van der Waals surface area contributed by atoms with Crippen molar-refractivity contribution in [2.45, 2.75) is 18.1 Å². The Kier molecular flexibility index (Phi) is 4.18. The molecule has 0 amide bonds. The molecule has 112 valence electrons. The Morgan fingerprint density at radius 3 is 2.65 bits per heavy atom. The van der Waals surface area contributed by atoms with E-state index in [0.717, 1.165) is 0 Å². The van der Waals surface area contributed by atoms with Gasteiger partial charge in [0.25, 0.3) is 0 Å². The largest absolute Gasteiger partial charge is 0.381 e. The molecule has 0 aliphatic heterocycles. The minimum absolute atomic E-state index is 0.200. The molecular formula is C14H20FNO3S. The number of sulfone groups is 1. The Bertz CT molecular complexity index is 590. The van der Waals surface area contributed by atoms with Crippen molar-refractivity contribution in [1.29, 1.82) is 0 Å². The number of rotatable bonds is 6. The summed E-state index contributed by atoms with van der Waals surface area (Å²) in [5.74, 6) is -0.672. The van der Waals surface area contributed by atoms with Gasteiger partial charge in [0.2, 0.25) is 0 Å². The Morgan fingerprint density at radius 1 is 1.45 bits per heavy atom. The fourth-order valence-corrected chi connectivity index (χ4v) is 5.11. The topological polar surface area (TPSA) is 69.4 Å². The summed E-state index contributed by atoms with van der Waals surface area (Å²) in [4.78, 5) is 0. The van der Waals surface area contributed by atoms with Crippen LogP contribution in [0.5, 0.6) is 0 Å². The quantitative estimate of drug-likeness (QED) is 0.860. The van der Waals surface area contributed by atoms with Crippen LogP contribution in [0.4, 0.5) is 4.39 Å². The van der Waals surface area contributed by atoms with Gasteiger partial charge in [-0.05, 0) is 24.6 Å². The Labute approximate surface area is 119 Å². The van der Waals surface area contributed by atoms with Crippen LogP contribution in [0, 0.1) is 11.2 Å². The lowest BCUT2D eigenvalue weighted by Gasteiger charge is -2.15. The van der Waals surface area contributed by atoms with Gasteiger partial charge >= 0.3 is 0 Å². The van der Waals surface area contributed by atoms with Gasteiger partial charge in [-0.3, -0.25) is 0 Å². The molecule has 0 saturated heterocycles. The molecule has 0 bridgehead atoms. The molecule has 0 radical (unpaired) electrons.